The molecule has 2 aromatic carbocycles. The lowest BCUT2D eigenvalue weighted by atomic mass is 10.1. The van der Waals surface area contributed by atoms with Crippen LogP contribution in [0.5, 0.6) is 0 Å². The molecule has 3 aromatic rings. The Kier molecular flexibility index (Phi) is 5.39. The summed E-state index contributed by atoms with van der Waals surface area (Å²) in [5, 5.41) is 11.3. The Labute approximate surface area is 148 Å². The molecule has 0 bridgehead atoms. The lowest BCUT2D eigenvalue weighted by molar-refractivity contribution is -0.142. The van der Waals surface area contributed by atoms with Gasteiger partial charge in [0.25, 0.3) is 0 Å². The first-order valence-electron chi connectivity index (χ1n) is 7.61. The molecule has 3 rings (SSSR count). The van der Waals surface area contributed by atoms with Crippen LogP contribution in [-0.4, -0.2) is 32.8 Å². The summed E-state index contributed by atoms with van der Waals surface area (Å²) in [5.74, 6) is -0.776. The third-order valence-electron chi connectivity index (χ3n) is 3.32. The van der Waals surface area contributed by atoms with E-state index in [1.807, 2.05) is 30.3 Å². The molecule has 6 nitrogen and oxygen atoms in total. The smallest absolute Gasteiger partial charge is 0.324 e. The van der Waals surface area contributed by atoms with E-state index in [2.05, 4.69) is 15.5 Å². The summed E-state index contributed by atoms with van der Waals surface area (Å²) in [5.41, 5.74) is 1.25. The van der Waals surface area contributed by atoms with Gasteiger partial charge in [0.05, 0.1) is 12.3 Å². The number of benzene rings is 2. The number of nitrogens with zero attached hydrogens (tertiary/aromatic N) is 4. The second-order valence-electron chi connectivity index (χ2n) is 5.01. The Morgan fingerprint density at radius 3 is 2.76 bits per heavy atom. The maximum Gasteiger partial charge on any atom is 0.324 e. The summed E-state index contributed by atoms with van der Waals surface area (Å²) >= 11 is 1.15. The van der Waals surface area contributed by atoms with Gasteiger partial charge in [-0.05, 0) is 41.1 Å². The van der Waals surface area contributed by atoms with Gasteiger partial charge in [0, 0.05) is 0 Å². The average Bonchev–Trinajstić information content (AvgIpc) is 3.09. The monoisotopic (exact) mass is 358 g/mol. The molecule has 1 atom stereocenters. The van der Waals surface area contributed by atoms with Crippen LogP contribution in [0.3, 0.4) is 0 Å². The van der Waals surface area contributed by atoms with Crippen LogP contribution >= 0.6 is 11.8 Å². The zero-order valence-electron chi connectivity index (χ0n) is 13.4. The summed E-state index contributed by atoms with van der Waals surface area (Å²) in [6, 6.07) is 15.2. The van der Waals surface area contributed by atoms with Gasteiger partial charge in [0.1, 0.15) is 11.1 Å². The van der Waals surface area contributed by atoms with Gasteiger partial charge in [-0.15, -0.1) is 5.10 Å². The lowest BCUT2D eigenvalue weighted by Gasteiger charge is -2.15. The van der Waals surface area contributed by atoms with Crippen molar-refractivity contribution in [1.82, 2.24) is 20.2 Å². The van der Waals surface area contributed by atoms with E-state index in [0.717, 1.165) is 17.3 Å². The van der Waals surface area contributed by atoms with Crippen molar-refractivity contribution in [2.45, 2.75) is 17.3 Å². The number of esters is 1. The normalized spacial score (nSPS) is 11.9. The molecule has 0 spiro atoms. The molecule has 1 aromatic heterocycles. The number of hydrogen-bond donors (Lipinski definition) is 0. The highest BCUT2D eigenvalue weighted by molar-refractivity contribution is 8.00. The second kappa shape index (κ2) is 7.89. The van der Waals surface area contributed by atoms with Crippen LogP contribution in [0.15, 0.2) is 59.8 Å². The van der Waals surface area contributed by atoms with Crippen LogP contribution in [0.1, 0.15) is 17.7 Å². The Bertz CT molecular complexity index is 857. The molecule has 0 aliphatic heterocycles. The standard InChI is InChI=1S/C17H15FN4O2S/c1-2-24-16(23)15(12-7-4-3-5-8-12)25-17-19-20-21-22(17)14-10-6-9-13(18)11-14/h3-11,15H,2H2,1H3/t15-/m0/s1. The van der Waals surface area contributed by atoms with Gasteiger partial charge in [-0.3, -0.25) is 4.79 Å². The number of rotatable bonds is 6. The molecule has 0 N–H and O–H groups in total. The zero-order valence-corrected chi connectivity index (χ0v) is 14.2. The highest BCUT2D eigenvalue weighted by Crippen LogP contribution is 2.35. The molecular formula is C17H15FN4O2S. The molecule has 0 radical (unpaired) electrons. The molecule has 0 fully saturated rings. The second-order valence-corrected chi connectivity index (χ2v) is 6.09. The summed E-state index contributed by atoms with van der Waals surface area (Å²) in [7, 11) is 0. The maximum absolute atomic E-state index is 13.5. The van der Waals surface area contributed by atoms with Gasteiger partial charge in [0.15, 0.2) is 0 Å². The van der Waals surface area contributed by atoms with Crippen LogP contribution in [0.4, 0.5) is 4.39 Å². The van der Waals surface area contributed by atoms with Gasteiger partial charge >= 0.3 is 5.97 Å². The molecule has 0 saturated carbocycles. The third-order valence-corrected chi connectivity index (χ3v) is 4.49. The van der Waals surface area contributed by atoms with Crippen molar-refractivity contribution in [3.63, 3.8) is 0 Å². The van der Waals surface area contributed by atoms with Gasteiger partial charge in [-0.25, -0.2) is 4.39 Å². The van der Waals surface area contributed by atoms with E-state index in [4.69, 9.17) is 4.74 Å². The molecular weight excluding hydrogens is 343 g/mol. The number of halogens is 1. The fourth-order valence-corrected chi connectivity index (χ4v) is 3.22. The van der Waals surface area contributed by atoms with Crippen molar-refractivity contribution in [1.29, 1.82) is 0 Å². The van der Waals surface area contributed by atoms with Gasteiger partial charge in [0.2, 0.25) is 5.16 Å². The minimum atomic E-state index is -0.626. The molecule has 0 saturated heterocycles. The van der Waals surface area contributed by atoms with Crippen molar-refractivity contribution >= 4 is 17.7 Å². The van der Waals surface area contributed by atoms with Gasteiger partial charge in [-0.2, -0.15) is 4.68 Å². The van der Waals surface area contributed by atoms with E-state index in [1.165, 1.54) is 16.8 Å². The number of ether oxygens (including phenoxy) is 1. The zero-order chi connectivity index (χ0) is 17.6. The van der Waals surface area contributed by atoms with E-state index in [9.17, 15) is 9.18 Å². The average molecular weight is 358 g/mol. The molecule has 0 aliphatic rings. The Balaban J connectivity index is 1.93. The fourth-order valence-electron chi connectivity index (χ4n) is 2.23. The topological polar surface area (TPSA) is 69.9 Å². The fraction of sp³-hybridized carbons (Fsp3) is 0.176. The van der Waals surface area contributed by atoms with Crippen molar-refractivity contribution in [2.24, 2.45) is 0 Å². The number of thioether (sulfide) groups is 1. The molecule has 25 heavy (non-hydrogen) atoms. The van der Waals surface area contributed by atoms with Crippen molar-refractivity contribution in [2.75, 3.05) is 6.61 Å². The van der Waals surface area contributed by atoms with Crippen molar-refractivity contribution < 1.29 is 13.9 Å². The predicted octanol–water partition coefficient (Wildman–Crippen LogP) is 3.20. The van der Waals surface area contributed by atoms with E-state index in [-0.39, 0.29) is 12.6 Å². The largest absolute Gasteiger partial charge is 0.465 e. The van der Waals surface area contributed by atoms with Crippen molar-refractivity contribution in [3.8, 4) is 5.69 Å². The first-order valence-corrected chi connectivity index (χ1v) is 8.49. The Morgan fingerprint density at radius 1 is 1.24 bits per heavy atom. The van der Waals surface area contributed by atoms with E-state index in [1.54, 1.807) is 19.1 Å². The van der Waals surface area contributed by atoms with Crippen LogP contribution in [0.25, 0.3) is 5.69 Å². The van der Waals surface area contributed by atoms with Crippen LogP contribution in [0, 0.1) is 5.82 Å². The third kappa shape index (κ3) is 4.03. The first kappa shape index (κ1) is 17.1. The predicted molar refractivity (Wildman–Crippen MR) is 90.8 cm³/mol. The minimum absolute atomic E-state index is 0.275. The lowest BCUT2D eigenvalue weighted by Crippen LogP contribution is -2.14. The summed E-state index contributed by atoms with van der Waals surface area (Å²) in [6.45, 7) is 2.03. The summed E-state index contributed by atoms with van der Waals surface area (Å²) in [6.07, 6.45) is 0. The summed E-state index contributed by atoms with van der Waals surface area (Å²) < 4.78 is 20.1. The highest BCUT2D eigenvalue weighted by atomic mass is 32.2. The van der Waals surface area contributed by atoms with Crippen molar-refractivity contribution in [3.05, 3.63) is 66.0 Å². The number of carbonyl (C=O) groups excluding carboxylic acids is 1. The summed E-state index contributed by atoms with van der Waals surface area (Å²) in [4.78, 5) is 12.4. The molecule has 128 valence electrons. The van der Waals surface area contributed by atoms with Crippen LogP contribution < -0.4 is 0 Å². The first-order chi connectivity index (χ1) is 12.2. The number of hydrogen-bond acceptors (Lipinski definition) is 6. The van der Waals surface area contributed by atoms with Gasteiger partial charge in [-0.1, -0.05) is 48.2 Å². The SMILES string of the molecule is CCOC(=O)[C@@H](Sc1nnnn1-c1cccc(F)c1)c1ccccc1. The van der Waals surface area contributed by atoms with E-state index in [0.29, 0.717) is 10.8 Å². The van der Waals surface area contributed by atoms with E-state index >= 15 is 0 Å². The molecule has 0 aliphatic carbocycles. The Hall–Kier alpha value is -2.74. The molecule has 1 heterocycles. The van der Waals surface area contributed by atoms with Crippen LogP contribution in [-0.2, 0) is 9.53 Å². The Morgan fingerprint density at radius 2 is 2.04 bits per heavy atom. The molecule has 0 unspecified atom stereocenters. The quantitative estimate of drug-likeness (QED) is 0.498. The number of carbonyl (C=O) groups is 1. The maximum atomic E-state index is 13.5. The number of tetrazole rings is 1. The molecule has 0 amide bonds. The van der Waals surface area contributed by atoms with Gasteiger partial charge < -0.3 is 4.74 Å². The van der Waals surface area contributed by atoms with Crippen LogP contribution in [0.2, 0.25) is 0 Å². The number of aromatic nitrogens is 4. The van der Waals surface area contributed by atoms with E-state index < -0.39 is 11.1 Å². The minimum Gasteiger partial charge on any atom is -0.465 e. The highest BCUT2D eigenvalue weighted by Gasteiger charge is 2.26. The molecule has 8 heteroatoms.